The number of anilines is 2. The monoisotopic (exact) mass is 780 g/mol. The molecule has 0 unspecified atom stereocenters. The summed E-state index contributed by atoms with van der Waals surface area (Å²) in [6, 6.07) is 12.4. The first kappa shape index (κ1) is 37.3. The van der Waals surface area contributed by atoms with Crippen LogP contribution >= 0.6 is 0 Å². The highest BCUT2D eigenvalue weighted by Gasteiger charge is 2.31. The van der Waals surface area contributed by atoms with Gasteiger partial charge in [-0.3, -0.25) is 24.6 Å². The lowest BCUT2D eigenvalue weighted by atomic mass is 9.89. The van der Waals surface area contributed by atoms with E-state index in [1.165, 1.54) is 33.0 Å². The number of sulfonamides is 1. The number of aromatic nitrogens is 6. The van der Waals surface area contributed by atoms with Gasteiger partial charge in [0.1, 0.15) is 18.4 Å². The number of nitriles is 1. The molecular weight excluding hydrogens is 737 g/mol. The maximum atomic E-state index is 13.7. The number of fused-ring (bicyclic) bond motifs is 2. The number of ether oxygens (including phenoxy) is 1. The molecule has 18 heteroatoms. The molecule has 2 N–H and O–H groups in total. The van der Waals surface area contributed by atoms with Gasteiger partial charge in [0.15, 0.2) is 11.5 Å². The summed E-state index contributed by atoms with van der Waals surface area (Å²) >= 11 is 0. The molecule has 5 aromatic rings. The highest BCUT2D eigenvalue weighted by Crippen LogP contribution is 2.34. The van der Waals surface area contributed by atoms with Gasteiger partial charge >= 0.3 is 6.03 Å². The molecule has 8 rings (SSSR count). The third-order valence-electron chi connectivity index (χ3n) is 11.1. The van der Waals surface area contributed by atoms with Crippen molar-refractivity contribution in [2.24, 2.45) is 7.05 Å². The van der Waals surface area contributed by atoms with E-state index in [2.05, 4.69) is 53.9 Å². The number of carbonyl (C=O) groups is 2. The number of carbonyl (C=O) groups excluding carboxylic acids is 2. The van der Waals surface area contributed by atoms with E-state index in [-0.39, 0.29) is 34.6 Å². The zero-order valence-corrected chi connectivity index (χ0v) is 32.2. The van der Waals surface area contributed by atoms with Crippen molar-refractivity contribution < 1.29 is 22.7 Å². The van der Waals surface area contributed by atoms with E-state index in [9.17, 15) is 23.3 Å². The van der Waals surface area contributed by atoms with Crippen LogP contribution in [0.25, 0.3) is 21.9 Å². The molecular formula is C38H44N12O5S. The SMILES string of the molecule is CCn1ncc2cnc(NC3CCN(S(=O)(=O)c4ccc(C#N)c(OCCN5CCC(c6ccc7c(N8CCC(=O)NC8=O)nn(C)c7c6)CC5)c4)CC3)nc21. The third-order valence-corrected chi connectivity index (χ3v) is 13.0. The van der Waals surface area contributed by atoms with E-state index >= 15 is 0 Å². The molecule has 3 saturated heterocycles. The Kier molecular flexibility index (Phi) is 10.3. The van der Waals surface area contributed by atoms with Crippen molar-refractivity contribution >= 4 is 55.7 Å². The Bertz CT molecular complexity index is 2440. The molecule has 0 spiro atoms. The van der Waals surface area contributed by atoms with Gasteiger partial charge in [0.2, 0.25) is 21.9 Å². The molecule has 0 saturated carbocycles. The molecule has 0 bridgehead atoms. The number of rotatable bonds is 11. The van der Waals surface area contributed by atoms with Crippen molar-refractivity contribution in [3.8, 4) is 11.8 Å². The summed E-state index contributed by atoms with van der Waals surface area (Å²) in [6.45, 7) is 6.33. The molecule has 0 aliphatic carbocycles. The molecule has 17 nitrogen and oxygen atoms in total. The van der Waals surface area contributed by atoms with Gasteiger partial charge < -0.3 is 10.1 Å². The zero-order chi connectivity index (χ0) is 39.0. The Morgan fingerprint density at radius 3 is 2.57 bits per heavy atom. The number of urea groups is 1. The fourth-order valence-electron chi connectivity index (χ4n) is 7.86. The number of hydrogen-bond acceptors (Lipinski definition) is 12. The number of imide groups is 1. The van der Waals surface area contributed by atoms with Crippen molar-refractivity contribution in [1.29, 1.82) is 5.26 Å². The summed E-state index contributed by atoms with van der Waals surface area (Å²) in [5.74, 6) is 1.38. The molecule has 0 atom stereocenters. The first-order valence-corrected chi connectivity index (χ1v) is 20.5. The minimum atomic E-state index is -3.81. The van der Waals surface area contributed by atoms with Crippen LogP contribution in [0.3, 0.4) is 0 Å². The van der Waals surface area contributed by atoms with Crippen LogP contribution in [0, 0.1) is 11.3 Å². The molecule has 3 fully saturated rings. The Labute approximate surface area is 324 Å². The Balaban J connectivity index is 0.838. The largest absolute Gasteiger partial charge is 0.491 e. The van der Waals surface area contributed by atoms with Gasteiger partial charge in [-0.15, -0.1) is 0 Å². The molecule has 292 valence electrons. The van der Waals surface area contributed by atoms with Crippen molar-refractivity contribution in [3.63, 3.8) is 0 Å². The van der Waals surface area contributed by atoms with Gasteiger partial charge in [-0.05, 0) is 81.4 Å². The molecule has 2 aromatic carbocycles. The summed E-state index contributed by atoms with van der Waals surface area (Å²) < 4.78 is 38.6. The lowest BCUT2D eigenvalue weighted by Gasteiger charge is -2.32. The van der Waals surface area contributed by atoms with Crippen LogP contribution < -0.4 is 20.3 Å². The number of amides is 3. The zero-order valence-electron chi connectivity index (χ0n) is 31.4. The summed E-state index contributed by atoms with van der Waals surface area (Å²) in [7, 11) is -1.96. The number of nitrogens with one attached hydrogen (secondary N) is 2. The number of piperidine rings is 2. The van der Waals surface area contributed by atoms with Gasteiger partial charge in [0.25, 0.3) is 0 Å². The first-order valence-electron chi connectivity index (χ1n) is 19.0. The average Bonchev–Trinajstić information content (AvgIpc) is 3.77. The van der Waals surface area contributed by atoms with Gasteiger partial charge in [0, 0.05) is 69.9 Å². The highest BCUT2D eigenvalue weighted by molar-refractivity contribution is 7.89. The number of likely N-dealkylation sites (tertiary alicyclic amines) is 1. The van der Waals surface area contributed by atoms with Gasteiger partial charge in [-0.2, -0.15) is 24.7 Å². The van der Waals surface area contributed by atoms with E-state index in [4.69, 9.17) is 4.74 Å². The predicted octanol–water partition coefficient (Wildman–Crippen LogP) is 3.57. The first-order chi connectivity index (χ1) is 27.1. The minimum Gasteiger partial charge on any atom is -0.491 e. The predicted molar refractivity (Wildman–Crippen MR) is 208 cm³/mol. The van der Waals surface area contributed by atoms with Crippen molar-refractivity contribution in [1.82, 2.24) is 44.1 Å². The summed E-state index contributed by atoms with van der Waals surface area (Å²) in [5.41, 5.74) is 3.19. The fraction of sp³-hybridized carbons (Fsp3) is 0.447. The molecule has 3 aromatic heterocycles. The lowest BCUT2D eigenvalue weighted by molar-refractivity contribution is -0.120. The van der Waals surface area contributed by atoms with Crippen LogP contribution in [0.5, 0.6) is 5.75 Å². The second-order valence-electron chi connectivity index (χ2n) is 14.5. The van der Waals surface area contributed by atoms with E-state index in [0.29, 0.717) is 69.9 Å². The Hall–Kier alpha value is -5.64. The quantitative estimate of drug-likeness (QED) is 0.198. The van der Waals surface area contributed by atoms with E-state index in [0.717, 1.165) is 47.9 Å². The van der Waals surface area contributed by atoms with Gasteiger partial charge in [-0.25, -0.2) is 22.9 Å². The van der Waals surface area contributed by atoms with Crippen molar-refractivity contribution in [2.45, 2.75) is 62.4 Å². The topological polar surface area (TPSA) is 196 Å². The minimum absolute atomic E-state index is 0.0185. The smallest absolute Gasteiger partial charge is 0.329 e. The molecule has 6 heterocycles. The maximum Gasteiger partial charge on any atom is 0.329 e. The van der Waals surface area contributed by atoms with Crippen LogP contribution in [-0.4, -0.2) is 111 Å². The second kappa shape index (κ2) is 15.5. The highest BCUT2D eigenvalue weighted by atomic mass is 32.2. The Morgan fingerprint density at radius 1 is 1.02 bits per heavy atom. The standard InChI is InChI=1S/C38H44N12O5S/c1-3-50-35-28(24-41-50)23-40-37(44-35)42-29-10-15-48(16-11-29)56(53,54)30-6-4-27(22-39)33(21-30)55-19-18-47-13-8-25(9-14-47)26-5-7-31-32(20-26)46(2)45-36(31)49-17-12-34(51)43-38(49)52/h4-7,20-21,23-25,29H,3,8-19H2,1-2H3,(H,40,42,44)(H,43,51,52). The van der Waals surface area contributed by atoms with Crippen LogP contribution in [0.15, 0.2) is 53.7 Å². The van der Waals surface area contributed by atoms with E-state index < -0.39 is 16.1 Å². The summed E-state index contributed by atoms with van der Waals surface area (Å²) in [5, 5.41) is 26.2. The number of benzene rings is 2. The number of aryl methyl sites for hydroxylation is 2. The lowest BCUT2D eigenvalue weighted by Crippen LogP contribution is -2.49. The average molecular weight is 781 g/mol. The third kappa shape index (κ3) is 7.36. The van der Waals surface area contributed by atoms with Crippen molar-refractivity contribution in [3.05, 3.63) is 59.9 Å². The summed E-state index contributed by atoms with van der Waals surface area (Å²) in [4.78, 5) is 37.1. The number of nitrogens with zero attached hydrogens (tertiary/aromatic N) is 10. The van der Waals surface area contributed by atoms with Crippen LogP contribution in [0.4, 0.5) is 16.6 Å². The van der Waals surface area contributed by atoms with Crippen LogP contribution in [0.2, 0.25) is 0 Å². The van der Waals surface area contributed by atoms with Crippen molar-refractivity contribution in [2.75, 3.05) is 56.1 Å². The molecule has 3 aliphatic rings. The molecule has 0 radical (unpaired) electrons. The molecule has 56 heavy (non-hydrogen) atoms. The van der Waals surface area contributed by atoms with E-state index in [1.54, 1.807) is 17.1 Å². The van der Waals surface area contributed by atoms with Crippen LogP contribution in [0.1, 0.15) is 56.1 Å². The Morgan fingerprint density at radius 2 is 1.82 bits per heavy atom. The normalized spacial score (nSPS) is 18.1. The van der Waals surface area contributed by atoms with Gasteiger partial charge in [0.05, 0.1) is 27.6 Å². The summed E-state index contributed by atoms with van der Waals surface area (Å²) in [6.07, 6.45) is 6.79. The number of hydrogen-bond donors (Lipinski definition) is 2. The fourth-order valence-corrected chi connectivity index (χ4v) is 9.35. The van der Waals surface area contributed by atoms with Gasteiger partial charge in [-0.1, -0.05) is 6.07 Å². The second-order valence-corrected chi connectivity index (χ2v) is 16.4. The molecule has 3 aliphatic heterocycles. The maximum absolute atomic E-state index is 13.7. The van der Waals surface area contributed by atoms with E-state index in [1.807, 2.05) is 24.7 Å². The van der Waals surface area contributed by atoms with Crippen LogP contribution in [-0.2, 0) is 28.4 Å². The molecule has 3 amide bonds.